The number of hydrogen-bond acceptors (Lipinski definition) is 2. The molecule has 1 aromatic rings. The molecule has 0 saturated carbocycles. The third-order valence-electron chi connectivity index (χ3n) is 2.48. The van der Waals surface area contributed by atoms with E-state index in [1.165, 1.54) is 0 Å². The molecule has 0 aliphatic heterocycles. The molecule has 1 rings (SSSR count). The maximum Gasteiger partial charge on any atom is 0.242 e. The van der Waals surface area contributed by atoms with Crippen molar-refractivity contribution < 1.29 is 8.42 Å². The molecule has 0 aliphatic carbocycles. The summed E-state index contributed by atoms with van der Waals surface area (Å²) >= 11 is 9.04. The van der Waals surface area contributed by atoms with E-state index in [-0.39, 0.29) is 4.66 Å². The van der Waals surface area contributed by atoms with E-state index in [0.29, 0.717) is 17.1 Å². The average Bonchev–Trinajstić information content (AvgIpc) is 2.29. The van der Waals surface area contributed by atoms with Gasteiger partial charge in [0.2, 0.25) is 10.0 Å². The molecule has 0 fully saturated rings. The number of aryl methyl sites for hydroxylation is 1. The molecule has 6 heteroatoms. The Bertz CT molecular complexity index is 502. The minimum Gasteiger partial charge on any atom is -0.282 e. The largest absolute Gasteiger partial charge is 0.282 e. The first kappa shape index (κ1) is 14.8. The molecule has 0 spiro atoms. The van der Waals surface area contributed by atoms with E-state index in [1.807, 2.05) is 26.0 Å². The number of hydrogen-bond donors (Lipinski definition) is 1. The summed E-state index contributed by atoms with van der Waals surface area (Å²) in [5.41, 5.74) is 2.42. The molecule has 0 amide bonds. The lowest BCUT2D eigenvalue weighted by molar-refractivity contribution is 0.606. The molecule has 0 saturated heterocycles. The molecule has 0 bridgehead atoms. The topological polar surface area (TPSA) is 46.2 Å². The SMILES string of the molecule is CCc1ccc(Cl)c(CC)c1NS(=O)(=O)CBr. The normalized spacial score (nSPS) is 11.5. The number of sulfonamides is 1. The van der Waals surface area contributed by atoms with Crippen molar-refractivity contribution in [3.8, 4) is 0 Å². The van der Waals surface area contributed by atoms with Gasteiger partial charge in [-0.15, -0.1) is 0 Å². The van der Waals surface area contributed by atoms with Gasteiger partial charge in [0.25, 0.3) is 0 Å². The Morgan fingerprint density at radius 2 is 1.94 bits per heavy atom. The molecule has 0 atom stereocenters. The van der Waals surface area contributed by atoms with Crippen molar-refractivity contribution in [3.05, 3.63) is 28.3 Å². The highest BCUT2D eigenvalue weighted by molar-refractivity contribution is 9.10. The molecule has 1 N–H and O–H groups in total. The van der Waals surface area contributed by atoms with Crippen LogP contribution in [0.25, 0.3) is 0 Å². The van der Waals surface area contributed by atoms with Crippen LogP contribution in [0.1, 0.15) is 25.0 Å². The summed E-state index contributed by atoms with van der Waals surface area (Å²) in [6.07, 6.45) is 1.44. The van der Waals surface area contributed by atoms with Crippen LogP contribution in [0.2, 0.25) is 5.02 Å². The van der Waals surface area contributed by atoms with Crippen LogP contribution in [-0.2, 0) is 22.9 Å². The van der Waals surface area contributed by atoms with Crippen LogP contribution in [0.4, 0.5) is 5.69 Å². The summed E-state index contributed by atoms with van der Waals surface area (Å²) in [5, 5.41) is 0.594. The van der Waals surface area contributed by atoms with Crippen LogP contribution in [-0.4, -0.2) is 13.1 Å². The molecule has 1 aromatic carbocycles. The van der Waals surface area contributed by atoms with Crippen LogP contribution >= 0.6 is 27.5 Å². The zero-order valence-corrected chi connectivity index (χ0v) is 12.9. The van der Waals surface area contributed by atoms with Crippen molar-refractivity contribution in [2.45, 2.75) is 26.7 Å². The van der Waals surface area contributed by atoms with Gasteiger partial charge in [0.1, 0.15) is 4.66 Å². The van der Waals surface area contributed by atoms with Crippen molar-refractivity contribution in [1.29, 1.82) is 0 Å². The van der Waals surface area contributed by atoms with Gasteiger partial charge in [-0.2, -0.15) is 0 Å². The summed E-state index contributed by atoms with van der Waals surface area (Å²) < 4.78 is 25.7. The second kappa shape index (κ2) is 6.07. The summed E-state index contributed by atoms with van der Waals surface area (Å²) in [7, 11) is -3.35. The first-order valence-corrected chi connectivity index (χ1v) is 8.47. The Hall–Kier alpha value is -0.260. The van der Waals surface area contributed by atoms with E-state index in [2.05, 4.69) is 20.7 Å². The second-order valence-electron chi connectivity index (χ2n) is 3.59. The van der Waals surface area contributed by atoms with E-state index >= 15 is 0 Å². The second-order valence-corrected chi connectivity index (χ2v) is 7.03. The predicted molar refractivity (Wildman–Crippen MR) is 76.5 cm³/mol. The molecule has 0 aromatic heterocycles. The number of rotatable bonds is 5. The predicted octanol–water partition coefficient (Wildman–Crippen LogP) is 3.56. The van der Waals surface area contributed by atoms with Crippen molar-refractivity contribution >= 4 is 43.2 Å². The maximum atomic E-state index is 11.6. The van der Waals surface area contributed by atoms with E-state index < -0.39 is 10.0 Å². The van der Waals surface area contributed by atoms with Gasteiger partial charge in [0, 0.05) is 5.02 Å². The smallest absolute Gasteiger partial charge is 0.242 e. The van der Waals surface area contributed by atoms with Gasteiger partial charge in [0.05, 0.1) is 5.69 Å². The number of anilines is 1. The van der Waals surface area contributed by atoms with E-state index in [4.69, 9.17) is 11.6 Å². The molecule has 0 heterocycles. The number of nitrogens with one attached hydrogen (secondary N) is 1. The van der Waals surface area contributed by atoms with Gasteiger partial charge >= 0.3 is 0 Å². The lowest BCUT2D eigenvalue weighted by atomic mass is 10.0. The van der Waals surface area contributed by atoms with E-state index in [0.717, 1.165) is 17.5 Å². The highest BCUT2D eigenvalue weighted by Crippen LogP contribution is 2.30. The fraction of sp³-hybridized carbons (Fsp3) is 0.455. The number of benzene rings is 1. The van der Waals surface area contributed by atoms with Crippen LogP contribution < -0.4 is 4.72 Å². The van der Waals surface area contributed by atoms with Crippen molar-refractivity contribution in [3.63, 3.8) is 0 Å². The molecular weight excluding hydrogens is 326 g/mol. The van der Waals surface area contributed by atoms with Gasteiger partial charge in [-0.3, -0.25) is 4.72 Å². The van der Waals surface area contributed by atoms with Crippen LogP contribution in [0, 0.1) is 0 Å². The Balaban J connectivity index is 3.33. The molecule has 0 unspecified atom stereocenters. The van der Waals surface area contributed by atoms with Gasteiger partial charge in [-0.25, -0.2) is 8.42 Å². The average molecular weight is 341 g/mol. The van der Waals surface area contributed by atoms with Crippen LogP contribution in [0.5, 0.6) is 0 Å². The molecular formula is C11H15BrClNO2S. The van der Waals surface area contributed by atoms with Gasteiger partial charge in [0.15, 0.2) is 0 Å². The minimum atomic E-state index is -3.35. The third-order valence-corrected chi connectivity index (χ3v) is 5.44. The zero-order chi connectivity index (χ0) is 13.1. The first-order chi connectivity index (χ1) is 7.95. The summed E-state index contributed by atoms with van der Waals surface area (Å²) in [5.74, 6) is 0. The number of halogens is 2. The van der Waals surface area contributed by atoms with Gasteiger partial charge in [-0.05, 0) is 30.0 Å². The highest BCUT2D eigenvalue weighted by atomic mass is 79.9. The summed E-state index contributed by atoms with van der Waals surface area (Å²) in [4.78, 5) is 0. The first-order valence-electron chi connectivity index (χ1n) is 5.31. The monoisotopic (exact) mass is 339 g/mol. The standard InChI is InChI=1S/C11H15BrClNO2S/c1-3-8-5-6-10(13)9(4-2)11(8)14-17(15,16)7-12/h5-6,14H,3-4,7H2,1-2H3. The van der Waals surface area contributed by atoms with Crippen LogP contribution in [0.3, 0.4) is 0 Å². The Kier molecular flexibility index (Phi) is 5.28. The fourth-order valence-corrected chi connectivity index (χ4v) is 2.88. The third kappa shape index (κ3) is 3.60. The molecule has 96 valence electrons. The van der Waals surface area contributed by atoms with Crippen LogP contribution in [0.15, 0.2) is 12.1 Å². The van der Waals surface area contributed by atoms with Crippen molar-refractivity contribution in [1.82, 2.24) is 0 Å². The summed E-state index contributed by atoms with van der Waals surface area (Å²) in [6.45, 7) is 3.93. The Morgan fingerprint density at radius 3 is 2.41 bits per heavy atom. The van der Waals surface area contributed by atoms with Gasteiger partial charge in [-0.1, -0.05) is 47.4 Å². The molecule has 0 aliphatic rings. The van der Waals surface area contributed by atoms with E-state index in [1.54, 1.807) is 0 Å². The molecule has 3 nitrogen and oxygen atoms in total. The minimum absolute atomic E-state index is 0.126. The fourth-order valence-electron chi connectivity index (χ4n) is 1.62. The maximum absolute atomic E-state index is 11.6. The van der Waals surface area contributed by atoms with Gasteiger partial charge < -0.3 is 0 Å². The summed E-state index contributed by atoms with van der Waals surface area (Å²) in [6, 6.07) is 3.67. The van der Waals surface area contributed by atoms with Crippen molar-refractivity contribution in [2.24, 2.45) is 0 Å². The lowest BCUT2D eigenvalue weighted by Gasteiger charge is -2.16. The molecule has 17 heavy (non-hydrogen) atoms. The quantitative estimate of drug-likeness (QED) is 0.833. The molecule has 0 radical (unpaired) electrons. The highest BCUT2D eigenvalue weighted by Gasteiger charge is 2.15. The van der Waals surface area contributed by atoms with Crippen molar-refractivity contribution in [2.75, 3.05) is 9.38 Å². The zero-order valence-electron chi connectivity index (χ0n) is 9.76. The Labute approximate surface area is 116 Å². The Morgan fingerprint density at radius 1 is 1.29 bits per heavy atom. The number of alkyl halides is 1. The lowest BCUT2D eigenvalue weighted by Crippen LogP contribution is -2.16. The van der Waals surface area contributed by atoms with E-state index in [9.17, 15) is 8.42 Å².